The molecule has 1 amide bonds. The molecular weight excluding hydrogens is 440 g/mol. The van der Waals surface area contributed by atoms with Crippen LogP contribution in [0.4, 0.5) is 13.6 Å². The van der Waals surface area contributed by atoms with Crippen molar-refractivity contribution in [1.29, 1.82) is 0 Å². The van der Waals surface area contributed by atoms with Gasteiger partial charge in [-0.15, -0.1) is 0 Å². The lowest BCUT2D eigenvalue weighted by Gasteiger charge is -2.37. The molecule has 1 aliphatic heterocycles. The molecule has 1 saturated heterocycles. The molecule has 0 aliphatic carbocycles. The number of amides is 1. The summed E-state index contributed by atoms with van der Waals surface area (Å²) in [6, 6.07) is 23.8. The van der Waals surface area contributed by atoms with Crippen LogP contribution >= 0.6 is 0 Å². The van der Waals surface area contributed by atoms with E-state index in [1.807, 2.05) is 54.6 Å². The fourth-order valence-electron chi connectivity index (χ4n) is 4.06. The van der Waals surface area contributed by atoms with Crippen LogP contribution in [0.15, 0.2) is 78.9 Å². The number of aromatic nitrogens is 2. The van der Waals surface area contributed by atoms with Crippen LogP contribution in [-0.2, 0) is 11.3 Å². The Labute approximate surface area is 195 Å². The highest BCUT2D eigenvalue weighted by molar-refractivity contribution is 5.84. The highest BCUT2D eigenvalue weighted by atomic mass is 19.3. The third kappa shape index (κ3) is 4.57. The lowest BCUT2D eigenvalue weighted by molar-refractivity contribution is -0.158. The zero-order valence-corrected chi connectivity index (χ0v) is 18.5. The SMILES string of the molecule is CC(F)(F)Oc1ccc(-n2nc(C3CN(C(=O)OCc4ccccc4)C3)c3ccccc32)cc1. The molecule has 6 nitrogen and oxygen atoms in total. The number of ether oxygens (including phenoxy) is 2. The lowest BCUT2D eigenvalue weighted by atomic mass is 9.94. The van der Waals surface area contributed by atoms with Gasteiger partial charge in [-0.2, -0.15) is 13.9 Å². The summed E-state index contributed by atoms with van der Waals surface area (Å²) >= 11 is 0. The molecule has 1 aromatic heterocycles. The van der Waals surface area contributed by atoms with Crippen LogP contribution in [0.1, 0.15) is 24.1 Å². The number of hydrogen-bond acceptors (Lipinski definition) is 4. The van der Waals surface area contributed by atoms with Gasteiger partial charge in [0.1, 0.15) is 12.4 Å². The largest absolute Gasteiger partial charge is 0.445 e. The van der Waals surface area contributed by atoms with Crippen molar-refractivity contribution in [1.82, 2.24) is 14.7 Å². The fourth-order valence-corrected chi connectivity index (χ4v) is 4.06. The lowest BCUT2D eigenvalue weighted by Crippen LogP contribution is -2.48. The Balaban J connectivity index is 1.30. The van der Waals surface area contributed by atoms with E-state index in [9.17, 15) is 13.6 Å². The maximum atomic E-state index is 13.1. The monoisotopic (exact) mass is 463 g/mol. The van der Waals surface area contributed by atoms with Gasteiger partial charge in [0.15, 0.2) is 0 Å². The molecule has 1 fully saturated rings. The third-order valence-corrected chi connectivity index (χ3v) is 5.73. The van der Waals surface area contributed by atoms with Gasteiger partial charge in [-0.25, -0.2) is 9.48 Å². The van der Waals surface area contributed by atoms with Gasteiger partial charge in [-0.1, -0.05) is 48.5 Å². The van der Waals surface area contributed by atoms with Crippen LogP contribution in [0.25, 0.3) is 16.6 Å². The predicted molar refractivity (Wildman–Crippen MR) is 123 cm³/mol. The van der Waals surface area contributed by atoms with Crippen molar-refractivity contribution in [2.24, 2.45) is 0 Å². The molecule has 5 rings (SSSR count). The Kier molecular flexibility index (Phi) is 5.65. The normalized spacial score (nSPS) is 14.1. The number of carbonyl (C=O) groups excluding carboxylic acids is 1. The Hall–Kier alpha value is -3.94. The molecule has 8 heteroatoms. The molecule has 1 aliphatic rings. The molecule has 0 N–H and O–H groups in total. The van der Waals surface area contributed by atoms with E-state index in [4.69, 9.17) is 9.84 Å². The Bertz CT molecular complexity index is 1290. The molecule has 2 heterocycles. The average molecular weight is 463 g/mol. The van der Waals surface area contributed by atoms with Gasteiger partial charge in [0.25, 0.3) is 0 Å². The van der Waals surface area contributed by atoms with Crippen molar-refractivity contribution >= 4 is 17.0 Å². The van der Waals surface area contributed by atoms with E-state index in [1.54, 1.807) is 21.7 Å². The van der Waals surface area contributed by atoms with Gasteiger partial charge in [0.2, 0.25) is 0 Å². The summed E-state index contributed by atoms with van der Waals surface area (Å²) in [4.78, 5) is 14.1. The van der Waals surface area contributed by atoms with Gasteiger partial charge in [0, 0.05) is 31.3 Å². The molecule has 3 aromatic carbocycles. The van der Waals surface area contributed by atoms with Crippen LogP contribution in [0.3, 0.4) is 0 Å². The van der Waals surface area contributed by atoms with Crippen molar-refractivity contribution < 1.29 is 23.0 Å². The van der Waals surface area contributed by atoms with Gasteiger partial charge >= 0.3 is 12.2 Å². The Morgan fingerprint density at radius 1 is 1.00 bits per heavy atom. The number of likely N-dealkylation sites (tertiary alicyclic amines) is 1. The first-order valence-electron chi connectivity index (χ1n) is 11.0. The Morgan fingerprint density at radius 2 is 1.68 bits per heavy atom. The predicted octanol–water partition coefficient (Wildman–Crippen LogP) is 5.75. The maximum Gasteiger partial charge on any atom is 0.410 e. The summed E-state index contributed by atoms with van der Waals surface area (Å²) in [5.74, 6) is 0.161. The zero-order chi connectivity index (χ0) is 23.7. The number of halogens is 2. The number of fused-ring (bicyclic) bond motifs is 1. The van der Waals surface area contributed by atoms with E-state index in [0.29, 0.717) is 20.0 Å². The molecule has 0 spiro atoms. The minimum absolute atomic E-state index is 0.0802. The van der Waals surface area contributed by atoms with Gasteiger partial charge in [-0.3, -0.25) is 0 Å². The summed E-state index contributed by atoms with van der Waals surface area (Å²) in [7, 11) is 0. The second-order valence-corrected chi connectivity index (χ2v) is 8.36. The summed E-state index contributed by atoms with van der Waals surface area (Å²) in [5.41, 5.74) is 3.46. The summed E-state index contributed by atoms with van der Waals surface area (Å²) in [6.45, 7) is 1.98. The maximum absolute atomic E-state index is 13.1. The molecule has 0 bridgehead atoms. The van der Waals surface area contributed by atoms with E-state index < -0.39 is 6.11 Å². The number of nitrogens with zero attached hydrogens (tertiary/aromatic N) is 3. The smallest absolute Gasteiger partial charge is 0.410 e. The first-order chi connectivity index (χ1) is 16.4. The molecule has 4 aromatic rings. The fraction of sp³-hybridized carbons (Fsp3) is 0.231. The van der Waals surface area contributed by atoms with E-state index in [0.717, 1.165) is 27.8 Å². The third-order valence-electron chi connectivity index (χ3n) is 5.73. The molecule has 0 saturated carbocycles. The number of hydrogen-bond donors (Lipinski definition) is 0. The molecule has 0 atom stereocenters. The number of para-hydroxylation sites is 1. The van der Waals surface area contributed by atoms with Crippen molar-refractivity contribution in [2.75, 3.05) is 13.1 Å². The van der Waals surface area contributed by atoms with Crippen molar-refractivity contribution in [3.8, 4) is 11.4 Å². The molecule has 174 valence electrons. The summed E-state index contributed by atoms with van der Waals surface area (Å²) in [5, 5.41) is 5.81. The standard InChI is InChI=1S/C26H23F2N3O3/c1-26(27,28)34-21-13-11-20(12-14-21)31-23-10-6-5-9-22(23)24(29-31)19-15-30(16-19)25(32)33-17-18-7-3-2-4-8-18/h2-14,19H,15-17H2,1H3. The van der Waals surface area contributed by atoms with Gasteiger partial charge in [-0.05, 0) is 35.9 Å². The van der Waals surface area contributed by atoms with Crippen LogP contribution in [0.2, 0.25) is 0 Å². The second-order valence-electron chi connectivity index (χ2n) is 8.36. The zero-order valence-electron chi connectivity index (χ0n) is 18.5. The van der Waals surface area contributed by atoms with E-state index >= 15 is 0 Å². The summed E-state index contributed by atoms with van der Waals surface area (Å²) < 4.78 is 38.1. The second kappa shape index (κ2) is 8.78. The Morgan fingerprint density at radius 3 is 2.38 bits per heavy atom. The number of alkyl halides is 2. The molecule has 34 heavy (non-hydrogen) atoms. The minimum Gasteiger partial charge on any atom is -0.445 e. The van der Waals surface area contributed by atoms with Gasteiger partial charge < -0.3 is 14.4 Å². The van der Waals surface area contributed by atoms with Gasteiger partial charge in [0.05, 0.1) is 16.9 Å². The number of rotatable bonds is 6. The van der Waals surface area contributed by atoms with Crippen LogP contribution < -0.4 is 4.74 Å². The highest BCUT2D eigenvalue weighted by Crippen LogP contribution is 2.33. The first-order valence-corrected chi connectivity index (χ1v) is 11.0. The van der Waals surface area contributed by atoms with Crippen molar-refractivity contribution in [2.45, 2.75) is 25.6 Å². The minimum atomic E-state index is -3.24. The number of benzene rings is 3. The average Bonchev–Trinajstić information content (AvgIpc) is 3.16. The molecular formula is C26H23F2N3O3. The topological polar surface area (TPSA) is 56.6 Å². The van der Waals surface area contributed by atoms with E-state index in [2.05, 4.69) is 4.74 Å². The summed E-state index contributed by atoms with van der Waals surface area (Å²) in [6.07, 6.45) is -3.59. The van der Waals surface area contributed by atoms with E-state index in [1.165, 1.54) is 12.1 Å². The number of carbonyl (C=O) groups is 1. The van der Waals surface area contributed by atoms with E-state index in [-0.39, 0.29) is 24.4 Å². The molecule has 0 radical (unpaired) electrons. The molecule has 0 unspecified atom stereocenters. The highest BCUT2D eigenvalue weighted by Gasteiger charge is 2.36. The van der Waals surface area contributed by atoms with Crippen molar-refractivity contribution in [3.63, 3.8) is 0 Å². The van der Waals surface area contributed by atoms with Crippen molar-refractivity contribution in [3.05, 3.63) is 90.1 Å². The van der Waals surface area contributed by atoms with Crippen LogP contribution in [0, 0.1) is 0 Å². The van der Waals surface area contributed by atoms with Crippen LogP contribution in [0.5, 0.6) is 5.75 Å². The quantitative estimate of drug-likeness (QED) is 0.365. The van der Waals surface area contributed by atoms with Crippen LogP contribution in [-0.4, -0.2) is 40.0 Å². The first kappa shape index (κ1) is 21.9.